The molecular weight excluding hydrogens is 447 g/mol. The molecule has 0 aliphatic heterocycles. The molecule has 5 rings (SSSR count). The second-order valence-electron chi connectivity index (χ2n) is 7.81. The molecule has 0 saturated heterocycles. The Balaban J connectivity index is 0.00000259. The largest absolute Gasteiger partial charge is 0.314 e. The summed E-state index contributed by atoms with van der Waals surface area (Å²) in [6, 6.07) is 41.1. The van der Waals surface area contributed by atoms with E-state index in [0.717, 1.165) is 22.5 Å². The molecule has 1 aromatic heterocycles. The molecule has 0 bridgehead atoms. The van der Waals surface area contributed by atoms with Gasteiger partial charge in [-0.2, -0.15) is 12.1 Å². The van der Waals surface area contributed by atoms with Crippen LogP contribution in [0.15, 0.2) is 120 Å². The third kappa shape index (κ3) is 4.79. The molecule has 0 unspecified atom stereocenters. The standard InChI is InChI=1S/C30H23N2.Ni/c1-22(28-18-10-11-21-31-28)32-30-26-17-9-8-12-23(26)19-20-27(30)29(24-13-4-2-5-14-24)25-15-6-3-7-16-25;/h2-17,19-21,29H,1H3;/q-1;. The average molecular weight is 470 g/mol. The van der Waals surface area contributed by atoms with E-state index in [-0.39, 0.29) is 22.4 Å². The minimum atomic E-state index is 0. The van der Waals surface area contributed by atoms with Crippen molar-refractivity contribution in [3.8, 4) is 0 Å². The minimum absolute atomic E-state index is 0. The van der Waals surface area contributed by atoms with E-state index in [2.05, 4.69) is 108 Å². The van der Waals surface area contributed by atoms with Crippen LogP contribution in [0.4, 0.5) is 5.69 Å². The van der Waals surface area contributed by atoms with Crippen LogP contribution in [0.2, 0.25) is 0 Å². The number of rotatable bonds is 5. The second-order valence-corrected chi connectivity index (χ2v) is 7.81. The van der Waals surface area contributed by atoms with Crippen molar-refractivity contribution in [1.29, 1.82) is 0 Å². The first-order chi connectivity index (χ1) is 15.8. The van der Waals surface area contributed by atoms with Gasteiger partial charge in [-0.3, -0.25) is 4.98 Å². The molecule has 2 nitrogen and oxygen atoms in total. The number of hydrogen-bond acceptors (Lipinski definition) is 2. The van der Waals surface area contributed by atoms with Gasteiger partial charge < -0.3 is 4.99 Å². The minimum Gasteiger partial charge on any atom is -0.314 e. The third-order valence-electron chi connectivity index (χ3n) is 5.74. The zero-order valence-corrected chi connectivity index (χ0v) is 19.2. The van der Waals surface area contributed by atoms with Gasteiger partial charge in [0, 0.05) is 27.8 Å². The smallest absolute Gasteiger partial charge is 0.0604 e. The van der Waals surface area contributed by atoms with Gasteiger partial charge in [0.1, 0.15) is 0 Å². The van der Waals surface area contributed by atoms with Gasteiger partial charge in [0.05, 0.1) is 5.69 Å². The Labute approximate surface area is 205 Å². The molecule has 0 radical (unpaired) electrons. The first kappa shape index (κ1) is 22.6. The van der Waals surface area contributed by atoms with Gasteiger partial charge in [0.2, 0.25) is 0 Å². The molecule has 0 amide bonds. The predicted octanol–water partition coefficient (Wildman–Crippen LogP) is 7.35. The summed E-state index contributed by atoms with van der Waals surface area (Å²) in [7, 11) is 0. The van der Waals surface area contributed by atoms with Crippen molar-refractivity contribution in [1.82, 2.24) is 4.98 Å². The molecular formula is C30H23N2Ni-. The van der Waals surface area contributed by atoms with Gasteiger partial charge in [0.25, 0.3) is 0 Å². The van der Waals surface area contributed by atoms with Crippen molar-refractivity contribution in [3.63, 3.8) is 0 Å². The molecule has 0 aliphatic rings. The number of aliphatic imine (C=N–C) groups is 1. The van der Waals surface area contributed by atoms with Gasteiger partial charge in [-0.1, -0.05) is 104 Å². The van der Waals surface area contributed by atoms with Crippen LogP contribution >= 0.6 is 0 Å². The summed E-state index contributed by atoms with van der Waals surface area (Å²) in [5.41, 5.74) is 6.26. The van der Waals surface area contributed by atoms with Crippen molar-refractivity contribution in [2.24, 2.45) is 4.99 Å². The van der Waals surface area contributed by atoms with Gasteiger partial charge >= 0.3 is 0 Å². The van der Waals surface area contributed by atoms with Crippen LogP contribution in [0.3, 0.4) is 0 Å². The summed E-state index contributed by atoms with van der Waals surface area (Å²) in [5, 5.41) is 2.31. The van der Waals surface area contributed by atoms with Crippen molar-refractivity contribution in [2.75, 3.05) is 0 Å². The molecule has 4 aromatic carbocycles. The quantitative estimate of drug-likeness (QED) is 0.114. The molecule has 5 aromatic rings. The van der Waals surface area contributed by atoms with Gasteiger partial charge in [-0.25, -0.2) is 0 Å². The Morgan fingerprint density at radius 3 is 2.03 bits per heavy atom. The Morgan fingerprint density at radius 2 is 1.39 bits per heavy atom. The first-order valence-electron chi connectivity index (χ1n) is 10.8. The van der Waals surface area contributed by atoms with Gasteiger partial charge in [0.15, 0.2) is 0 Å². The summed E-state index contributed by atoms with van der Waals surface area (Å²) >= 11 is 0. The predicted molar refractivity (Wildman–Crippen MR) is 133 cm³/mol. The fourth-order valence-corrected chi connectivity index (χ4v) is 4.22. The van der Waals surface area contributed by atoms with Crippen LogP contribution in [-0.2, 0) is 16.5 Å². The maximum atomic E-state index is 5.15. The van der Waals surface area contributed by atoms with E-state index in [4.69, 9.17) is 4.99 Å². The SMILES string of the molecule is CC(=Nc1c(C(c2ccccc2)c2ccccc2)ccc2ccccc12)c1[c-]cccn1.[Ni]. The number of pyridine rings is 1. The van der Waals surface area contributed by atoms with E-state index in [1.54, 1.807) is 6.20 Å². The maximum absolute atomic E-state index is 5.15. The van der Waals surface area contributed by atoms with Crippen LogP contribution in [-0.4, -0.2) is 10.7 Å². The zero-order valence-electron chi connectivity index (χ0n) is 18.3. The molecule has 0 aliphatic carbocycles. The van der Waals surface area contributed by atoms with Crippen LogP contribution < -0.4 is 0 Å². The zero-order chi connectivity index (χ0) is 21.8. The summed E-state index contributed by atoms with van der Waals surface area (Å²) in [6.07, 6.45) is 1.78. The molecule has 0 fully saturated rings. The van der Waals surface area contributed by atoms with Crippen molar-refractivity contribution in [2.45, 2.75) is 12.8 Å². The van der Waals surface area contributed by atoms with Crippen LogP contribution in [0.5, 0.6) is 0 Å². The maximum Gasteiger partial charge on any atom is 0.0604 e. The van der Waals surface area contributed by atoms with E-state index >= 15 is 0 Å². The van der Waals surface area contributed by atoms with Crippen molar-refractivity contribution in [3.05, 3.63) is 144 Å². The van der Waals surface area contributed by atoms with Crippen molar-refractivity contribution >= 4 is 22.2 Å². The van der Waals surface area contributed by atoms with Gasteiger partial charge in [-0.15, -0.1) is 6.07 Å². The topological polar surface area (TPSA) is 25.2 Å². The summed E-state index contributed by atoms with van der Waals surface area (Å²) in [4.78, 5) is 9.61. The van der Waals surface area contributed by atoms with Crippen molar-refractivity contribution < 1.29 is 16.5 Å². The Hall–Kier alpha value is -3.55. The van der Waals surface area contributed by atoms with E-state index in [1.807, 2.05) is 19.1 Å². The Bertz CT molecular complexity index is 1320. The molecule has 1 heterocycles. The van der Waals surface area contributed by atoms with E-state index in [0.29, 0.717) is 0 Å². The second kappa shape index (κ2) is 10.4. The fraction of sp³-hybridized carbons (Fsp3) is 0.0667. The van der Waals surface area contributed by atoms with Crippen LogP contribution in [0, 0.1) is 6.07 Å². The van der Waals surface area contributed by atoms with E-state index in [9.17, 15) is 0 Å². The third-order valence-corrected chi connectivity index (χ3v) is 5.74. The molecule has 0 atom stereocenters. The average Bonchev–Trinajstić information content (AvgIpc) is 2.87. The summed E-state index contributed by atoms with van der Waals surface area (Å²) in [6.45, 7) is 2.00. The normalized spacial score (nSPS) is 11.4. The number of benzene rings is 4. The number of aromatic nitrogens is 1. The van der Waals surface area contributed by atoms with E-state index < -0.39 is 0 Å². The Kier molecular flexibility index (Phi) is 7.12. The first-order valence-corrected chi connectivity index (χ1v) is 10.8. The molecule has 0 saturated carbocycles. The Morgan fingerprint density at radius 1 is 0.758 bits per heavy atom. The van der Waals surface area contributed by atoms with Gasteiger partial charge in [-0.05, 0) is 39.7 Å². The molecule has 3 heteroatoms. The van der Waals surface area contributed by atoms with Crippen LogP contribution in [0.25, 0.3) is 10.8 Å². The molecule has 164 valence electrons. The number of hydrogen-bond donors (Lipinski definition) is 0. The number of fused-ring (bicyclic) bond motifs is 1. The summed E-state index contributed by atoms with van der Waals surface area (Å²) in [5.74, 6) is 0.0706. The molecule has 33 heavy (non-hydrogen) atoms. The summed E-state index contributed by atoms with van der Waals surface area (Å²) < 4.78 is 0. The molecule has 0 spiro atoms. The molecule has 0 N–H and O–H groups in total. The monoisotopic (exact) mass is 469 g/mol. The number of nitrogens with zero attached hydrogens (tertiary/aromatic N) is 2. The fourth-order valence-electron chi connectivity index (χ4n) is 4.22. The van der Waals surface area contributed by atoms with E-state index in [1.165, 1.54) is 22.1 Å². The van der Waals surface area contributed by atoms with Crippen LogP contribution in [0.1, 0.15) is 35.2 Å².